The van der Waals surface area contributed by atoms with E-state index >= 15 is 0 Å². The summed E-state index contributed by atoms with van der Waals surface area (Å²) in [7, 11) is 0. The molecule has 0 aliphatic carbocycles. The van der Waals surface area contributed by atoms with Gasteiger partial charge in [0.05, 0.1) is 0 Å². The first kappa shape index (κ1) is 9.36. The number of hydrogen-bond acceptors (Lipinski definition) is 1. The van der Waals surface area contributed by atoms with Crippen LogP contribution >= 0.6 is 0 Å². The number of likely N-dealkylation sites (tertiary alicyclic amines) is 1. The van der Waals surface area contributed by atoms with Gasteiger partial charge in [0.15, 0.2) is 0 Å². The normalized spacial score (nSPS) is 24.6. The minimum Gasteiger partial charge on any atom is -0.351 e. The summed E-state index contributed by atoms with van der Waals surface area (Å²) in [6.45, 7) is 5.13. The first-order valence-corrected chi connectivity index (χ1v) is 4.69. The van der Waals surface area contributed by atoms with Crippen LogP contribution in [0.2, 0.25) is 0 Å². The van der Waals surface area contributed by atoms with E-state index in [9.17, 15) is 4.79 Å². The van der Waals surface area contributed by atoms with Crippen LogP contribution in [0.15, 0.2) is 0 Å². The summed E-state index contributed by atoms with van der Waals surface area (Å²) in [5.41, 5.74) is 5.28. The summed E-state index contributed by atoms with van der Waals surface area (Å²) < 4.78 is 0. The molecule has 0 saturated carbocycles. The molecule has 1 atom stereocenters. The molecular formula is C9H18N2O. The first-order chi connectivity index (χ1) is 5.63. The number of hydrogen-bond donors (Lipinski definition) is 1. The first-order valence-electron chi connectivity index (χ1n) is 4.69. The topological polar surface area (TPSA) is 46.3 Å². The highest BCUT2D eigenvalue weighted by Gasteiger charge is 2.26. The Balaban J connectivity index is 2.60. The Kier molecular flexibility index (Phi) is 2.95. The summed E-state index contributed by atoms with van der Waals surface area (Å²) in [5.74, 6) is 0.526. The van der Waals surface area contributed by atoms with Gasteiger partial charge in [0.25, 0.3) is 0 Å². The van der Waals surface area contributed by atoms with Crippen LogP contribution in [-0.4, -0.2) is 23.5 Å². The van der Waals surface area contributed by atoms with Crippen molar-refractivity contribution in [3.8, 4) is 0 Å². The van der Waals surface area contributed by atoms with Crippen LogP contribution < -0.4 is 5.73 Å². The number of primary amides is 1. The van der Waals surface area contributed by atoms with Crippen LogP contribution in [0, 0.1) is 5.92 Å². The lowest BCUT2D eigenvalue weighted by atomic mass is 9.93. The molecule has 3 nitrogen and oxygen atoms in total. The Hall–Kier alpha value is -0.730. The zero-order chi connectivity index (χ0) is 9.14. The summed E-state index contributed by atoms with van der Waals surface area (Å²) in [6, 6.07) is 0.115. The van der Waals surface area contributed by atoms with Crippen molar-refractivity contribution in [1.82, 2.24) is 4.90 Å². The second kappa shape index (κ2) is 3.78. The highest BCUT2D eigenvalue weighted by atomic mass is 16.2. The number of urea groups is 1. The second-order valence-corrected chi connectivity index (χ2v) is 3.84. The van der Waals surface area contributed by atoms with E-state index in [4.69, 9.17) is 5.73 Å². The number of nitrogens with zero attached hydrogens (tertiary/aromatic N) is 1. The second-order valence-electron chi connectivity index (χ2n) is 3.84. The van der Waals surface area contributed by atoms with Gasteiger partial charge in [-0.15, -0.1) is 0 Å². The fourth-order valence-electron chi connectivity index (χ4n) is 1.92. The molecule has 1 rings (SSSR count). The van der Waals surface area contributed by atoms with Crippen molar-refractivity contribution in [1.29, 1.82) is 0 Å². The number of carbonyl (C=O) groups is 1. The van der Waals surface area contributed by atoms with Gasteiger partial charge < -0.3 is 10.6 Å². The Morgan fingerprint density at radius 3 is 2.58 bits per heavy atom. The third kappa shape index (κ3) is 1.90. The van der Waals surface area contributed by atoms with Gasteiger partial charge in [0, 0.05) is 12.6 Å². The molecule has 12 heavy (non-hydrogen) atoms. The smallest absolute Gasteiger partial charge is 0.315 e. The van der Waals surface area contributed by atoms with Crippen molar-refractivity contribution < 1.29 is 4.79 Å². The molecule has 1 aliphatic rings. The highest BCUT2D eigenvalue weighted by Crippen LogP contribution is 2.22. The summed E-state index contributed by atoms with van der Waals surface area (Å²) in [5, 5.41) is 0. The van der Waals surface area contributed by atoms with E-state index in [1.54, 1.807) is 0 Å². The van der Waals surface area contributed by atoms with Gasteiger partial charge in [-0.2, -0.15) is 0 Å². The molecule has 1 saturated heterocycles. The van der Waals surface area contributed by atoms with Crippen LogP contribution in [0.1, 0.15) is 33.1 Å². The van der Waals surface area contributed by atoms with Crippen LogP contribution in [0.25, 0.3) is 0 Å². The number of rotatable bonds is 1. The lowest BCUT2D eigenvalue weighted by Gasteiger charge is -2.36. The minimum absolute atomic E-state index is 0.256. The Morgan fingerprint density at radius 1 is 1.50 bits per heavy atom. The van der Waals surface area contributed by atoms with Crippen molar-refractivity contribution in [2.24, 2.45) is 11.7 Å². The van der Waals surface area contributed by atoms with Gasteiger partial charge in [0.2, 0.25) is 0 Å². The average Bonchev–Trinajstić information content (AvgIpc) is 2.04. The Labute approximate surface area is 73.9 Å². The summed E-state index contributed by atoms with van der Waals surface area (Å²) >= 11 is 0. The van der Waals surface area contributed by atoms with E-state index in [0.717, 1.165) is 19.4 Å². The monoisotopic (exact) mass is 170 g/mol. The lowest BCUT2D eigenvalue weighted by molar-refractivity contribution is 0.134. The lowest BCUT2D eigenvalue weighted by Crippen LogP contribution is -2.48. The fourth-order valence-corrected chi connectivity index (χ4v) is 1.92. The maximum Gasteiger partial charge on any atom is 0.315 e. The van der Waals surface area contributed by atoms with E-state index in [1.165, 1.54) is 6.42 Å². The van der Waals surface area contributed by atoms with Gasteiger partial charge in [-0.3, -0.25) is 0 Å². The van der Waals surface area contributed by atoms with Gasteiger partial charge in [0.1, 0.15) is 0 Å². The zero-order valence-electron chi connectivity index (χ0n) is 7.92. The van der Waals surface area contributed by atoms with Crippen LogP contribution in [0.4, 0.5) is 4.79 Å². The summed E-state index contributed by atoms with van der Waals surface area (Å²) in [4.78, 5) is 12.8. The third-order valence-electron chi connectivity index (χ3n) is 2.60. The molecular weight excluding hydrogens is 152 g/mol. The van der Waals surface area contributed by atoms with Crippen molar-refractivity contribution in [2.75, 3.05) is 6.54 Å². The minimum atomic E-state index is -0.256. The predicted octanol–water partition coefficient (Wildman–Crippen LogP) is 1.58. The van der Waals surface area contributed by atoms with Crippen molar-refractivity contribution in [2.45, 2.75) is 39.2 Å². The molecule has 0 spiro atoms. The third-order valence-corrected chi connectivity index (χ3v) is 2.60. The van der Waals surface area contributed by atoms with E-state index in [2.05, 4.69) is 13.8 Å². The standard InChI is InChI=1S/C9H18N2O/c1-7(2)8-5-3-4-6-11(8)9(10)12/h7-8H,3-6H2,1-2H3,(H2,10,12)/t8-/m1/s1. The van der Waals surface area contributed by atoms with Crippen LogP contribution in [0.5, 0.6) is 0 Å². The van der Waals surface area contributed by atoms with E-state index < -0.39 is 0 Å². The maximum atomic E-state index is 11.0. The van der Waals surface area contributed by atoms with Crippen molar-refractivity contribution in [3.05, 3.63) is 0 Å². The van der Waals surface area contributed by atoms with E-state index in [0.29, 0.717) is 12.0 Å². The molecule has 0 unspecified atom stereocenters. The number of piperidine rings is 1. The molecule has 2 N–H and O–H groups in total. The van der Waals surface area contributed by atoms with Crippen molar-refractivity contribution in [3.63, 3.8) is 0 Å². The van der Waals surface area contributed by atoms with Gasteiger partial charge in [-0.25, -0.2) is 4.79 Å². The predicted molar refractivity (Wildman–Crippen MR) is 48.8 cm³/mol. The molecule has 1 aliphatic heterocycles. The van der Waals surface area contributed by atoms with E-state index in [1.807, 2.05) is 4.90 Å². The van der Waals surface area contributed by atoms with Gasteiger partial charge in [-0.05, 0) is 25.2 Å². The fraction of sp³-hybridized carbons (Fsp3) is 0.889. The van der Waals surface area contributed by atoms with E-state index in [-0.39, 0.29) is 6.03 Å². The largest absolute Gasteiger partial charge is 0.351 e. The molecule has 1 fully saturated rings. The summed E-state index contributed by atoms with van der Waals surface area (Å²) in [6.07, 6.45) is 3.44. The van der Waals surface area contributed by atoms with Gasteiger partial charge in [-0.1, -0.05) is 13.8 Å². The maximum absolute atomic E-state index is 11.0. The molecule has 0 bridgehead atoms. The number of carbonyl (C=O) groups excluding carboxylic acids is 1. The molecule has 1 heterocycles. The molecule has 0 radical (unpaired) electrons. The molecule has 2 amide bonds. The highest BCUT2D eigenvalue weighted by molar-refractivity contribution is 5.72. The average molecular weight is 170 g/mol. The van der Waals surface area contributed by atoms with Crippen LogP contribution in [-0.2, 0) is 0 Å². The molecule has 0 aromatic rings. The van der Waals surface area contributed by atoms with Crippen molar-refractivity contribution >= 4 is 6.03 Å². The van der Waals surface area contributed by atoms with Gasteiger partial charge >= 0.3 is 6.03 Å². The quantitative estimate of drug-likeness (QED) is 0.638. The molecule has 3 heteroatoms. The number of amides is 2. The Morgan fingerprint density at radius 2 is 2.17 bits per heavy atom. The SMILES string of the molecule is CC(C)[C@H]1CCCCN1C(N)=O. The number of nitrogens with two attached hydrogens (primary N) is 1. The molecule has 70 valence electrons. The van der Waals surface area contributed by atoms with Crippen LogP contribution in [0.3, 0.4) is 0 Å². The zero-order valence-corrected chi connectivity index (χ0v) is 7.92. The molecule has 0 aromatic carbocycles. The Bertz CT molecular complexity index is 168. The molecule has 0 aromatic heterocycles.